The second-order valence-corrected chi connectivity index (χ2v) is 4.81. The van der Waals surface area contributed by atoms with E-state index in [4.69, 9.17) is 17.3 Å². The number of hydrogen-bond acceptors (Lipinski definition) is 1. The van der Waals surface area contributed by atoms with Gasteiger partial charge in [-0.05, 0) is 29.5 Å². The molecule has 0 bridgehead atoms. The minimum absolute atomic E-state index is 0.0739. The van der Waals surface area contributed by atoms with E-state index in [-0.39, 0.29) is 11.5 Å². The predicted molar refractivity (Wildman–Crippen MR) is 62.5 cm³/mol. The lowest BCUT2D eigenvalue weighted by molar-refractivity contribution is 0.278. The average Bonchev–Trinajstić information content (AvgIpc) is 2.18. The van der Waals surface area contributed by atoms with Gasteiger partial charge in [0.25, 0.3) is 0 Å². The fourth-order valence-electron chi connectivity index (χ4n) is 1.34. The lowest BCUT2D eigenvalue weighted by Crippen LogP contribution is -2.28. The molecule has 0 amide bonds. The fraction of sp³-hybridized carbons (Fsp3) is 0.500. The van der Waals surface area contributed by atoms with E-state index in [0.29, 0.717) is 0 Å². The van der Waals surface area contributed by atoms with E-state index in [1.54, 1.807) is 0 Å². The van der Waals surface area contributed by atoms with Crippen LogP contribution in [0.25, 0.3) is 0 Å². The molecule has 0 aliphatic heterocycles. The molecule has 0 aliphatic carbocycles. The number of halogens is 1. The van der Waals surface area contributed by atoms with Gasteiger partial charge in [-0.15, -0.1) is 0 Å². The molecule has 1 rings (SSSR count). The first-order chi connectivity index (χ1) is 6.47. The van der Waals surface area contributed by atoms with Crippen LogP contribution >= 0.6 is 11.6 Å². The molecule has 1 nitrogen and oxygen atoms in total. The number of hydrogen-bond donors (Lipinski definition) is 1. The number of rotatable bonds is 3. The molecule has 2 N–H and O–H groups in total. The SMILES string of the molecule is CCC(C)(C)C(N)c1ccc(Cl)cc1. The van der Waals surface area contributed by atoms with Crippen molar-refractivity contribution in [3.63, 3.8) is 0 Å². The molecular weight excluding hydrogens is 194 g/mol. The van der Waals surface area contributed by atoms with E-state index in [1.165, 1.54) is 0 Å². The third-order valence-corrected chi connectivity index (χ3v) is 3.23. The highest BCUT2D eigenvalue weighted by Crippen LogP contribution is 2.34. The van der Waals surface area contributed by atoms with Gasteiger partial charge in [0.05, 0.1) is 0 Å². The maximum absolute atomic E-state index is 6.19. The van der Waals surface area contributed by atoms with Crippen molar-refractivity contribution in [3.05, 3.63) is 34.9 Å². The largest absolute Gasteiger partial charge is 0.324 e. The summed E-state index contributed by atoms with van der Waals surface area (Å²) in [7, 11) is 0. The Labute approximate surface area is 91.3 Å². The van der Waals surface area contributed by atoms with Crippen LogP contribution in [0.15, 0.2) is 24.3 Å². The topological polar surface area (TPSA) is 26.0 Å². The van der Waals surface area contributed by atoms with Gasteiger partial charge in [0.1, 0.15) is 0 Å². The molecule has 1 atom stereocenters. The molecule has 0 saturated heterocycles. The van der Waals surface area contributed by atoms with Crippen LogP contribution in [0.5, 0.6) is 0 Å². The predicted octanol–water partition coefficient (Wildman–Crippen LogP) is 3.78. The third-order valence-electron chi connectivity index (χ3n) is 2.98. The van der Waals surface area contributed by atoms with Gasteiger partial charge in [-0.25, -0.2) is 0 Å². The Morgan fingerprint density at radius 1 is 1.29 bits per heavy atom. The van der Waals surface area contributed by atoms with E-state index in [2.05, 4.69) is 20.8 Å². The van der Waals surface area contributed by atoms with E-state index in [9.17, 15) is 0 Å². The zero-order chi connectivity index (χ0) is 10.8. The molecule has 0 aromatic heterocycles. The Hall–Kier alpha value is -0.530. The monoisotopic (exact) mass is 211 g/mol. The maximum Gasteiger partial charge on any atom is 0.0406 e. The molecule has 1 aromatic rings. The minimum Gasteiger partial charge on any atom is -0.324 e. The molecule has 14 heavy (non-hydrogen) atoms. The van der Waals surface area contributed by atoms with Gasteiger partial charge in [-0.2, -0.15) is 0 Å². The Balaban J connectivity index is 2.89. The highest BCUT2D eigenvalue weighted by Gasteiger charge is 2.25. The van der Waals surface area contributed by atoms with Gasteiger partial charge in [0.15, 0.2) is 0 Å². The van der Waals surface area contributed by atoms with Gasteiger partial charge in [-0.3, -0.25) is 0 Å². The molecule has 0 fully saturated rings. The van der Waals surface area contributed by atoms with Crippen LogP contribution in [-0.4, -0.2) is 0 Å². The molecule has 0 spiro atoms. The Kier molecular flexibility index (Phi) is 3.57. The summed E-state index contributed by atoms with van der Waals surface area (Å²) in [5.74, 6) is 0. The van der Waals surface area contributed by atoms with Crippen LogP contribution in [0.3, 0.4) is 0 Å². The van der Waals surface area contributed by atoms with Crippen LogP contribution in [-0.2, 0) is 0 Å². The zero-order valence-electron chi connectivity index (χ0n) is 9.05. The van der Waals surface area contributed by atoms with Crippen molar-refractivity contribution in [1.29, 1.82) is 0 Å². The Morgan fingerprint density at radius 3 is 2.21 bits per heavy atom. The summed E-state index contributed by atoms with van der Waals surface area (Å²) in [4.78, 5) is 0. The van der Waals surface area contributed by atoms with Gasteiger partial charge >= 0.3 is 0 Å². The standard InChI is InChI=1S/C12H18ClN/c1-4-12(2,3)11(14)9-5-7-10(13)8-6-9/h5-8,11H,4,14H2,1-3H3. The lowest BCUT2D eigenvalue weighted by Gasteiger charge is -2.30. The summed E-state index contributed by atoms with van der Waals surface area (Å²) in [5, 5.41) is 0.759. The van der Waals surface area contributed by atoms with Crippen molar-refractivity contribution >= 4 is 11.6 Å². The first-order valence-electron chi connectivity index (χ1n) is 4.98. The lowest BCUT2D eigenvalue weighted by atomic mass is 9.79. The number of benzene rings is 1. The van der Waals surface area contributed by atoms with Crippen LogP contribution in [0.1, 0.15) is 38.8 Å². The maximum atomic E-state index is 6.19. The molecule has 0 heterocycles. The fourth-order valence-corrected chi connectivity index (χ4v) is 1.47. The highest BCUT2D eigenvalue weighted by atomic mass is 35.5. The summed E-state index contributed by atoms with van der Waals surface area (Å²) in [5.41, 5.74) is 7.48. The average molecular weight is 212 g/mol. The van der Waals surface area contributed by atoms with E-state index >= 15 is 0 Å². The minimum atomic E-state index is 0.0739. The van der Waals surface area contributed by atoms with E-state index in [0.717, 1.165) is 17.0 Å². The number of nitrogens with two attached hydrogens (primary N) is 1. The Morgan fingerprint density at radius 2 is 1.79 bits per heavy atom. The van der Waals surface area contributed by atoms with Crippen LogP contribution in [0, 0.1) is 5.41 Å². The molecule has 0 aliphatic rings. The first kappa shape index (κ1) is 11.5. The van der Waals surface area contributed by atoms with Crippen LogP contribution in [0.4, 0.5) is 0 Å². The molecule has 1 unspecified atom stereocenters. The molecule has 78 valence electrons. The smallest absolute Gasteiger partial charge is 0.0406 e. The second-order valence-electron chi connectivity index (χ2n) is 4.37. The first-order valence-corrected chi connectivity index (χ1v) is 5.36. The summed E-state index contributed by atoms with van der Waals surface area (Å²) in [6, 6.07) is 7.87. The zero-order valence-corrected chi connectivity index (χ0v) is 9.81. The van der Waals surface area contributed by atoms with Crippen molar-refractivity contribution in [3.8, 4) is 0 Å². The summed E-state index contributed by atoms with van der Waals surface area (Å²) < 4.78 is 0. The second kappa shape index (κ2) is 4.33. The van der Waals surface area contributed by atoms with Gasteiger partial charge in [-0.1, -0.05) is 44.5 Å². The van der Waals surface area contributed by atoms with Gasteiger partial charge in [0.2, 0.25) is 0 Å². The molecule has 0 radical (unpaired) electrons. The van der Waals surface area contributed by atoms with E-state index in [1.807, 2.05) is 24.3 Å². The third kappa shape index (κ3) is 2.49. The molecular formula is C12H18ClN. The molecule has 2 heteroatoms. The van der Waals surface area contributed by atoms with Gasteiger partial charge in [0, 0.05) is 11.1 Å². The Bertz CT molecular complexity index is 290. The van der Waals surface area contributed by atoms with E-state index < -0.39 is 0 Å². The molecule has 1 aromatic carbocycles. The van der Waals surface area contributed by atoms with Crippen molar-refractivity contribution in [2.45, 2.75) is 33.2 Å². The van der Waals surface area contributed by atoms with Crippen molar-refractivity contribution in [1.82, 2.24) is 0 Å². The van der Waals surface area contributed by atoms with Crippen molar-refractivity contribution < 1.29 is 0 Å². The van der Waals surface area contributed by atoms with Crippen molar-refractivity contribution in [2.24, 2.45) is 11.1 Å². The highest BCUT2D eigenvalue weighted by molar-refractivity contribution is 6.30. The summed E-state index contributed by atoms with van der Waals surface area (Å²) >= 11 is 5.82. The van der Waals surface area contributed by atoms with Crippen LogP contribution in [0.2, 0.25) is 5.02 Å². The van der Waals surface area contributed by atoms with Gasteiger partial charge < -0.3 is 5.73 Å². The quantitative estimate of drug-likeness (QED) is 0.809. The molecule has 0 saturated carbocycles. The summed E-state index contributed by atoms with van der Waals surface area (Å²) in [6.07, 6.45) is 1.07. The van der Waals surface area contributed by atoms with Crippen molar-refractivity contribution in [2.75, 3.05) is 0 Å². The normalized spacial score (nSPS) is 14.1. The summed E-state index contributed by atoms with van der Waals surface area (Å²) in [6.45, 7) is 6.54. The van der Waals surface area contributed by atoms with Crippen LogP contribution < -0.4 is 5.73 Å².